The topological polar surface area (TPSA) is 80.0 Å². The lowest BCUT2D eigenvalue weighted by molar-refractivity contribution is 0.102. The van der Waals surface area contributed by atoms with Crippen LogP contribution in [0.15, 0.2) is 36.5 Å². The number of nitrogens with zero attached hydrogens (tertiary/aromatic N) is 1. The molecule has 1 aromatic heterocycles. The molecule has 0 aliphatic rings. The zero-order chi connectivity index (χ0) is 13.8. The van der Waals surface area contributed by atoms with E-state index >= 15 is 0 Å². The molecule has 0 unspecified atom stereocenters. The Morgan fingerprint density at radius 3 is 2.47 bits per heavy atom. The lowest BCUT2D eigenvalue weighted by Crippen LogP contribution is -2.19. The molecule has 1 amide bonds. The van der Waals surface area contributed by atoms with Crippen LogP contribution in [0.5, 0.6) is 0 Å². The van der Waals surface area contributed by atoms with Gasteiger partial charge in [-0.05, 0) is 37.1 Å². The number of hydrogen-bond donors (Lipinski definition) is 3. The highest BCUT2D eigenvalue weighted by Gasteiger charge is 2.13. The quantitative estimate of drug-likeness (QED) is 0.581. The second-order valence-electron chi connectivity index (χ2n) is 4.26. The molecule has 1 heterocycles. The van der Waals surface area contributed by atoms with Crippen LogP contribution in [0, 0.1) is 13.8 Å². The van der Waals surface area contributed by atoms with Crippen molar-refractivity contribution in [2.75, 3.05) is 10.7 Å². The number of nitrogen functional groups attached to an aromatic ring is 1. The van der Waals surface area contributed by atoms with E-state index < -0.39 is 0 Å². The Balaban J connectivity index is 2.31. The lowest BCUT2D eigenvalue weighted by Gasteiger charge is -2.12. The average Bonchev–Trinajstić information content (AvgIpc) is 2.42. The molecule has 2 rings (SSSR count). The fourth-order valence-electron chi connectivity index (χ4n) is 1.90. The number of carbonyl (C=O) groups is 1. The number of pyridine rings is 1. The van der Waals surface area contributed by atoms with Crippen LogP contribution >= 0.6 is 0 Å². The first-order chi connectivity index (χ1) is 9.13. The molecule has 4 N–H and O–H groups in total. The van der Waals surface area contributed by atoms with Crippen LogP contribution < -0.4 is 16.6 Å². The molecule has 0 radical (unpaired) electrons. The maximum atomic E-state index is 12.3. The van der Waals surface area contributed by atoms with Crippen LogP contribution in [0.25, 0.3) is 0 Å². The van der Waals surface area contributed by atoms with Crippen molar-refractivity contribution in [3.8, 4) is 0 Å². The standard InChI is InChI=1S/C14H16N4O/c1-9-5-3-6-10(2)12(9)17-14(19)11-7-4-8-16-13(11)18-15/h3-8H,15H2,1-2H3,(H,16,18)(H,17,19). The summed E-state index contributed by atoms with van der Waals surface area (Å²) < 4.78 is 0. The highest BCUT2D eigenvalue weighted by atomic mass is 16.1. The van der Waals surface area contributed by atoms with Gasteiger partial charge in [-0.3, -0.25) is 4.79 Å². The van der Waals surface area contributed by atoms with Crippen molar-refractivity contribution in [3.63, 3.8) is 0 Å². The number of aryl methyl sites for hydroxylation is 2. The van der Waals surface area contributed by atoms with E-state index in [0.717, 1.165) is 16.8 Å². The van der Waals surface area contributed by atoms with Gasteiger partial charge in [-0.1, -0.05) is 18.2 Å². The number of amides is 1. The summed E-state index contributed by atoms with van der Waals surface area (Å²) in [6, 6.07) is 9.23. The smallest absolute Gasteiger partial charge is 0.259 e. The van der Waals surface area contributed by atoms with E-state index in [1.807, 2.05) is 32.0 Å². The minimum absolute atomic E-state index is 0.238. The minimum Gasteiger partial charge on any atom is -0.321 e. The number of anilines is 2. The van der Waals surface area contributed by atoms with Crippen molar-refractivity contribution < 1.29 is 4.79 Å². The lowest BCUT2D eigenvalue weighted by atomic mass is 10.1. The molecule has 5 heteroatoms. The second kappa shape index (κ2) is 5.49. The Labute approximate surface area is 111 Å². The third-order valence-electron chi connectivity index (χ3n) is 2.91. The van der Waals surface area contributed by atoms with Gasteiger partial charge in [-0.2, -0.15) is 0 Å². The summed E-state index contributed by atoms with van der Waals surface area (Å²) in [6.07, 6.45) is 1.57. The van der Waals surface area contributed by atoms with Gasteiger partial charge in [0.15, 0.2) is 5.82 Å². The Hall–Kier alpha value is -2.40. The Morgan fingerprint density at radius 1 is 1.16 bits per heavy atom. The molecule has 0 aliphatic heterocycles. The predicted molar refractivity (Wildman–Crippen MR) is 75.9 cm³/mol. The number of hydrazine groups is 1. The number of hydrogen-bond acceptors (Lipinski definition) is 4. The number of para-hydroxylation sites is 1. The third-order valence-corrected chi connectivity index (χ3v) is 2.91. The molecule has 0 saturated carbocycles. The molecule has 0 atom stereocenters. The fraction of sp³-hybridized carbons (Fsp3) is 0.143. The average molecular weight is 256 g/mol. The molecule has 1 aromatic carbocycles. The van der Waals surface area contributed by atoms with Crippen LogP contribution in [-0.2, 0) is 0 Å². The Kier molecular flexibility index (Phi) is 3.77. The number of rotatable bonds is 3. The van der Waals surface area contributed by atoms with Gasteiger partial charge in [-0.25, -0.2) is 10.8 Å². The van der Waals surface area contributed by atoms with E-state index in [2.05, 4.69) is 15.7 Å². The van der Waals surface area contributed by atoms with Gasteiger partial charge in [0.1, 0.15) is 0 Å². The molecular formula is C14H16N4O. The van der Waals surface area contributed by atoms with Crippen LogP contribution in [0.3, 0.4) is 0 Å². The SMILES string of the molecule is Cc1cccc(C)c1NC(=O)c1cccnc1NN. The molecule has 0 fully saturated rings. The second-order valence-corrected chi connectivity index (χ2v) is 4.26. The predicted octanol–water partition coefficient (Wildman–Crippen LogP) is 2.24. The molecule has 19 heavy (non-hydrogen) atoms. The van der Waals surface area contributed by atoms with Gasteiger partial charge < -0.3 is 10.7 Å². The van der Waals surface area contributed by atoms with E-state index in [0.29, 0.717) is 11.4 Å². The highest BCUT2D eigenvalue weighted by Crippen LogP contribution is 2.21. The normalized spacial score (nSPS) is 10.1. The van der Waals surface area contributed by atoms with Gasteiger partial charge >= 0.3 is 0 Å². The highest BCUT2D eigenvalue weighted by molar-refractivity contribution is 6.08. The summed E-state index contributed by atoms with van der Waals surface area (Å²) in [4.78, 5) is 16.3. The number of benzene rings is 1. The number of carbonyl (C=O) groups excluding carboxylic acids is 1. The van der Waals surface area contributed by atoms with E-state index in [1.165, 1.54) is 0 Å². The monoisotopic (exact) mass is 256 g/mol. The van der Waals surface area contributed by atoms with Crippen LogP contribution in [0.4, 0.5) is 11.5 Å². The summed E-state index contributed by atoms with van der Waals surface area (Å²) in [5.74, 6) is 5.46. The molecule has 0 spiro atoms. The molecule has 2 aromatic rings. The van der Waals surface area contributed by atoms with Gasteiger partial charge in [0.2, 0.25) is 0 Å². The van der Waals surface area contributed by atoms with Crippen LogP contribution in [0.2, 0.25) is 0 Å². The van der Waals surface area contributed by atoms with Crippen molar-refractivity contribution in [1.29, 1.82) is 0 Å². The van der Waals surface area contributed by atoms with Crippen LogP contribution in [0.1, 0.15) is 21.5 Å². The molecule has 0 bridgehead atoms. The van der Waals surface area contributed by atoms with Crippen molar-refractivity contribution in [2.45, 2.75) is 13.8 Å². The molecule has 0 saturated heterocycles. The van der Waals surface area contributed by atoms with E-state index in [4.69, 9.17) is 5.84 Å². The summed E-state index contributed by atoms with van der Waals surface area (Å²) in [5, 5.41) is 2.89. The zero-order valence-electron chi connectivity index (χ0n) is 10.9. The Morgan fingerprint density at radius 2 is 1.84 bits per heavy atom. The van der Waals surface area contributed by atoms with Crippen molar-refractivity contribution >= 4 is 17.4 Å². The van der Waals surface area contributed by atoms with Gasteiger partial charge in [0, 0.05) is 11.9 Å². The Bertz CT molecular complexity index is 590. The molecule has 98 valence electrons. The summed E-state index contributed by atoms with van der Waals surface area (Å²) in [6.45, 7) is 3.90. The van der Waals surface area contributed by atoms with E-state index in [9.17, 15) is 4.79 Å². The minimum atomic E-state index is -0.238. The molecular weight excluding hydrogens is 240 g/mol. The number of aromatic nitrogens is 1. The molecule has 5 nitrogen and oxygen atoms in total. The summed E-state index contributed by atoms with van der Waals surface area (Å²) >= 11 is 0. The zero-order valence-corrected chi connectivity index (χ0v) is 10.9. The number of nitrogens with one attached hydrogen (secondary N) is 2. The maximum Gasteiger partial charge on any atom is 0.259 e. The summed E-state index contributed by atoms with van der Waals surface area (Å²) in [5.41, 5.74) is 5.68. The van der Waals surface area contributed by atoms with Gasteiger partial charge in [0.05, 0.1) is 5.56 Å². The van der Waals surface area contributed by atoms with Crippen molar-refractivity contribution in [2.24, 2.45) is 5.84 Å². The molecule has 0 aliphatic carbocycles. The van der Waals surface area contributed by atoms with Crippen molar-refractivity contribution in [3.05, 3.63) is 53.2 Å². The number of nitrogens with two attached hydrogens (primary N) is 1. The van der Waals surface area contributed by atoms with E-state index in [1.54, 1.807) is 18.3 Å². The van der Waals surface area contributed by atoms with E-state index in [-0.39, 0.29) is 5.91 Å². The summed E-state index contributed by atoms with van der Waals surface area (Å²) in [7, 11) is 0. The van der Waals surface area contributed by atoms with Gasteiger partial charge in [-0.15, -0.1) is 0 Å². The third kappa shape index (κ3) is 2.71. The first kappa shape index (κ1) is 13.0. The van der Waals surface area contributed by atoms with Crippen LogP contribution in [-0.4, -0.2) is 10.9 Å². The fourth-order valence-corrected chi connectivity index (χ4v) is 1.90. The van der Waals surface area contributed by atoms with Gasteiger partial charge in [0.25, 0.3) is 5.91 Å². The first-order valence-corrected chi connectivity index (χ1v) is 5.92. The first-order valence-electron chi connectivity index (χ1n) is 5.92. The maximum absolute atomic E-state index is 12.3. The van der Waals surface area contributed by atoms with Crippen molar-refractivity contribution in [1.82, 2.24) is 4.98 Å². The largest absolute Gasteiger partial charge is 0.321 e.